The van der Waals surface area contributed by atoms with Crippen molar-refractivity contribution in [3.05, 3.63) is 6.42 Å². The van der Waals surface area contributed by atoms with Gasteiger partial charge in [0, 0.05) is 12.3 Å². The molecule has 1 aliphatic rings. The Labute approximate surface area is 67.8 Å². The minimum Gasteiger partial charge on any atom is -0.165 e. The van der Waals surface area contributed by atoms with Gasteiger partial charge in [0.2, 0.25) is 0 Å². The Balaban J connectivity index is 1.89. The first-order valence-electron chi connectivity index (χ1n) is 3.74. The molecule has 1 aliphatic carbocycles. The zero-order chi connectivity index (χ0) is 7.23. The Kier molecular flexibility index (Phi) is 3.75. The summed E-state index contributed by atoms with van der Waals surface area (Å²) in [5.74, 6) is 8.30. The van der Waals surface area contributed by atoms with Crippen molar-refractivity contribution in [1.29, 1.82) is 0 Å². The molecule has 1 heteroatoms. The van der Waals surface area contributed by atoms with Crippen molar-refractivity contribution in [2.45, 2.75) is 19.3 Å². The van der Waals surface area contributed by atoms with Gasteiger partial charge in [-0.25, -0.2) is 0 Å². The molecule has 0 N–H and O–H groups in total. The number of unbranched alkanes of at least 4 members (excludes halogenated alkanes) is 1. The molecule has 1 saturated carbocycles. The summed E-state index contributed by atoms with van der Waals surface area (Å²) in [7, 11) is 0. The van der Waals surface area contributed by atoms with Gasteiger partial charge < -0.3 is 0 Å². The van der Waals surface area contributed by atoms with Crippen LogP contribution in [0.1, 0.15) is 19.3 Å². The lowest BCUT2D eigenvalue weighted by Gasteiger charge is -1.87. The van der Waals surface area contributed by atoms with Crippen molar-refractivity contribution in [1.82, 2.24) is 0 Å². The molecule has 0 nitrogen and oxygen atoms in total. The summed E-state index contributed by atoms with van der Waals surface area (Å²) in [6.45, 7) is 0. The summed E-state index contributed by atoms with van der Waals surface area (Å²) in [5, 5.41) is 0. The lowest BCUT2D eigenvalue weighted by molar-refractivity contribution is 0.995. The largest absolute Gasteiger partial charge is 0.165 e. The van der Waals surface area contributed by atoms with Crippen LogP contribution in [-0.2, 0) is 0 Å². The van der Waals surface area contributed by atoms with Crippen LogP contribution < -0.4 is 0 Å². The average Bonchev–Trinajstić information content (AvgIpc) is 2.71. The van der Waals surface area contributed by atoms with Gasteiger partial charge in [0.15, 0.2) is 0 Å². The SMILES string of the molecule is CSCCCC#CC1[CH]C1. The van der Waals surface area contributed by atoms with Crippen LogP contribution in [0.2, 0.25) is 0 Å². The van der Waals surface area contributed by atoms with Gasteiger partial charge in [0.25, 0.3) is 0 Å². The van der Waals surface area contributed by atoms with Gasteiger partial charge in [0.1, 0.15) is 0 Å². The lowest BCUT2D eigenvalue weighted by Crippen LogP contribution is -1.75. The van der Waals surface area contributed by atoms with Crippen LogP contribution in [0.5, 0.6) is 0 Å². The zero-order valence-corrected chi connectivity index (χ0v) is 7.21. The average molecular weight is 153 g/mol. The predicted molar refractivity (Wildman–Crippen MR) is 47.8 cm³/mol. The lowest BCUT2D eigenvalue weighted by atomic mass is 10.3. The minimum absolute atomic E-state index is 0.661. The third kappa shape index (κ3) is 3.85. The summed E-state index contributed by atoms with van der Waals surface area (Å²) < 4.78 is 0. The molecule has 0 amide bonds. The van der Waals surface area contributed by atoms with E-state index in [0.717, 1.165) is 6.42 Å². The Morgan fingerprint density at radius 2 is 2.50 bits per heavy atom. The molecule has 0 spiro atoms. The molecule has 0 aromatic rings. The molecule has 1 atom stereocenters. The fourth-order valence-corrected chi connectivity index (χ4v) is 1.13. The highest BCUT2D eigenvalue weighted by molar-refractivity contribution is 7.98. The standard InChI is InChI=1S/C9H13S/c1-10-8-4-2-3-5-9-6-7-9/h6,9H,2,4,7-8H2,1H3. The van der Waals surface area contributed by atoms with Crippen LogP contribution >= 0.6 is 11.8 Å². The molecule has 1 rings (SSSR count). The van der Waals surface area contributed by atoms with Crippen molar-refractivity contribution in [3.63, 3.8) is 0 Å². The highest BCUT2D eigenvalue weighted by atomic mass is 32.2. The summed E-state index contributed by atoms with van der Waals surface area (Å²) in [6, 6.07) is 0. The van der Waals surface area contributed by atoms with E-state index in [1.54, 1.807) is 0 Å². The van der Waals surface area contributed by atoms with E-state index >= 15 is 0 Å². The second kappa shape index (κ2) is 4.68. The summed E-state index contributed by atoms with van der Waals surface area (Å²) in [4.78, 5) is 0. The maximum absolute atomic E-state index is 3.20. The van der Waals surface area contributed by atoms with Gasteiger partial charge in [-0.15, -0.1) is 5.92 Å². The van der Waals surface area contributed by atoms with Gasteiger partial charge in [-0.1, -0.05) is 5.92 Å². The fraction of sp³-hybridized carbons (Fsp3) is 0.667. The van der Waals surface area contributed by atoms with E-state index in [2.05, 4.69) is 24.5 Å². The molecule has 10 heavy (non-hydrogen) atoms. The molecular weight excluding hydrogens is 140 g/mol. The van der Waals surface area contributed by atoms with Crippen molar-refractivity contribution in [3.8, 4) is 11.8 Å². The molecule has 0 aromatic carbocycles. The van der Waals surface area contributed by atoms with Gasteiger partial charge in [-0.3, -0.25) is 0 Å². The van der Waals surface area contributed by atoms with Gasteiger partial charge in [-0.2, -0.15) is 11.8 Å². The fourth-order valence-electron chi connectivity index (χ4n) is 0.694. The summed E-state index contributed by atoms with van der Waals surface area (Å²) >= 11 is 1.90. The van der Waals surface area contributed by atoms with Crippen LogP contribution in [0.15, 0.2) is 0 Å². The van der Waals surface area contributed by atoms with Crippen LogP contribution in [0, 0.1) is 24.2 Å². The molecule has 0 heterocycles. The molecule has 0 aliphatic heterocycles. The maximum atomic E-state index is 3.20. The predicted octanol–water partition coefficient (Wildman–Crippen LogP) is 2.36. The van der Waals surface area contributed by atoms with Gasteiger partial charge >= 0.3 is 0 Å². The minimum atomic E-state index is 0.661. The second-order valence-electron chi connectivity index (χ2n) is 2.50. The first-order chi connectivity index (χ1) is 4.93. The molecule has 1 radical (unpaired) electrons. The molecule has 0 saturated heterocycles. The third-order valence-electron chi connectivity index (χ3n) is 1.41. The topological polar surface area (TPSA) is 0 Å². The van der Waals surface area contributed by atoms with E-state index in [9.17, 15) is 0 Å². The van der Waals surface area contributed by atoms with E-state index < -0.39 is 0 Å². The highest BCUT2D eigenvalue weighted by Gasteiger charge is 2.17. The Hall–Kier alpha value is -0.0900. The van der Waals surface area contributed by atoms with Crippen LogP contribution in [0.3, 0.4) is 0 Å². The normalized spacial score (nSPS) is 16.1. The van der Waals surface area contributed by atoms with Crippen molar-refractivity contribution in [2.75, 3.05) is 12.0 Å². The van der Waals surface area contributed by atoms with Gasteiger partial charge in [0.05, 0.1) is 0 Å². The zero-order valence-electron chi connectivity index (χ0n) is 6.39. The molecular formula is C9H13S. The highest BCUT2D eigenvalue weighted by Crippen LogP contribution is 2.25. The molecule has 1 fully saturated rings. The van der Waals surface area contributed by atoms with Crippen molar-refractivity contribution < 1.29 is 0 Å². The smallest absolute Gasteiger partial charge is 0.0237 e. The van der Waals surface area contributed by atoms with Crippen LogP contribution in [-0.4, -0.2) is 12.0 Å². The quantitative estimate of drug-likeness (QED) is 0.443. The Morgan fingerprint density at radius 3 is 3.10 bits per heavy atom. The maximum Gasteiger partial charge on any atom is 0.0237 e. The van der Waals surface area contributed by atoms with E-state index in [4.69, 9.17) is 0 Å². The molecule has 0 aromatic heterocycles. The monoisotopic (exact) mass is 153 g/mol. The number of thioether (sulfide) groups is 1. The van der Waals surface area contributed by atoms with Gasteiger partial charge in [-0.05, 0) is 31.3 Å². The summed E-state index contributed by atoms with van der Waals surface area (Å²) in [5.41, 5.74) is 0. The number of rotatable bonds is 3. The van der Waals surface area contributed by atoms with E-state index in [-0.39, 0.29) is 0 Å². The van der Waals surface area contributed by atoms with Crippen molar-refractivity contribution in [2.24, 2.45) is 5.92 Å². The summed E-state index contributed by atoms with van der Waals surface area (Å²) in [6.07, 6.45) is 7.96. The first-order valence-corrected chi connectivity index (χ1v) is 5.13. The van der Waals surface area contributed by atoms with E-state index in [0.29, 0.717) is 5.92 Å². The molecule has 55 valence electrons. The first kappa shape index (κ1) is 8.01. The number of hydrogen-bond acceptors (Lipinski definition) is 1. The van der Waals surface area contributed by atoms with E-state index in [1.165, 1.54) is 18.6 Å². The molecule has 1 unspecified atom stereocenters. The Bertz CT molecular complexity index is 137. The molecule has 0 bridgehead atoms. The Morgan fingerprint density at radius 1 is 1.70 bits per heavy atom. The van der Waals surface area contributed by atoms with E-state index in [1.807, 2.05) is 11.8 Å². The van der Waals surface area contributed by atoms with Crippen molar-refractivity contribution >= 4 is 11.8 Å². The van der Waals surface area contributed by atoms with Crippen LogP contribution in [0.4, 0.5) is 0 Å². The van der Waals surface area contributed by atoms with Crippen LogP contribution in [0.25, 0.3) is 0 Å². The number of hydrogen-bond donors (Lipinski definition) is 0. The third-order valence-corrected chi connectivity index (χ3v) is 2.11. The second-order valence-corrected chi connectivity index (χ2v) is 3.48.